The van der Waals surface area contributed by atoms with Gasteiger partial charge >= 0.3 is 0 Å². The Morgan fingerprint density at radius 2 is 1.83 bits per heavy atom. The Morgan fingerprint density at radius 3 is 2.43 bits per heavy atom. The Morgan fingerprint density at radius 1 is 1.17 bits per heavy atom. The summed E-state index contributed by atoms with van der Waals surface area (Å²) in [6.45, 7) is 6.00. The van der Waals surface area contributed by atoms with Crippen molar-refractivity contribution in [2.45, 2.75) is 30.7 Å². The van der Waals surface area contributed by atoms with E-state index in [1.165, 1.54) is 0 Å². The van der Waals surface area contributed by atoms with Gasteiger partial charge in [-0.3, -0.25) is 4.90 Å². The summed E-state index contributed by atoms with van der Waals surface area (Å²) in [6.07, 6.45) is 2.09. The Balaban J connectivity index is 1.68. The second-order valence-corrected chi connectivity index (χ2v) is 8.72. The lowest BCUT2D eigenvalue weighted by Crippen LogP contribution is -2.53. The molecule has 3 rings (SSSR count). The molecule has 0 N–H and O–H groups in total. The zero-order valence-electron chi connectivity index (χ0n) is 13.2. The Hall–Kier alpha value is -0.540. The van der Waals surface area contributed by atoms with Gasteiger partial charge in [-0.1, -0.05) is 0 Å². The van der Waals surface area contributed by atoms with Crippen LogP contribution in [-0.4, -0.2) is 68.0 Å². The zero-order chi connectivity index (χ0) is 16.4. The van der Waals surface area contributed by atoms with E-state index in [0.717, 1.165) is 39.1 Å². The topological polar surface area (TPSA) is 62.7 Å². The maximum atomic E-state index is 12.8. The number of halogens is 1. The molecule has 0 saturated carbocycles. The van der Waals surface area contributed by atoms with Gasteiger partial charge < -0.3 is 4.74 Å². The van der Waals surface area contributed by atoms with E-state index in [4.69, 9.17) is 4.74 Å². The summed E-state index contributed by atoms with van der Waals surface area (Å²) < 4.78 is 33.3. The molecular weight excluding hydrogens is 382 g/mol. The second-order valence-electron chi connectivity index (χ2n) is 6.00. The van der Waals surface area contributed by atoms with E-state index >= 15 is 0 Å². The summed E-state index contributed by atoms with van der Waals surface area (Å²) in [6, 6.07) is 3.84. The van der Waals surface area contributed by atoms with Gasteiger partial charge in [-0.25, -0.2) is 13.4 Å². The number of pyridine rings is 1. The lowest BCUT2D eigenvalue weighted by molar-refractivity contribution is 0.0229. The Labute approximate surface area is 146 Å². The Kier molecular flexibility index (Phi) is 5.37. The number of sulfonamides is 1. The van der Waals surface area contributed by atoms with Gasteiger partial charge in [-0.2, -0.15) is 4.31 Å². The van der Waals surface area contributed by atoms with Crippen molar-refractivity contribution in [2.24, 2.45) is 0 Å². The summed E-state index contributed by atoms with van der Waals surface area (Å²) in [5, 5.41) is 0. The summed E-state index contributed by atoms with van der Waals surface area (Å²) >= 11 is 3.27. The molecule has 0 spiro atoms. The minimum atomic E-state index is -3.46. The quantitative estimate of drug-likeness (QED) is 0.717. The van der Waals surface area contributed by atoms with E-state index in [1.54, 1.807) is 23.4 Å². The maximum Gasteiger partial charge on any atom is 0.244 e. The summed E-state index contributed by atoms with van der Waals surface area (Å²) in [4.78, 5) is 6.92. The van der Waals surface area contributed by atoms with Crippen LogP contribution in [0.1, 0.15) is 18.5 Å². The molecule has 0 bridgehead atoms. The minimum Gasteiger partial charge on any atom is -0.381 e. The average molecular weight is 404 g/mol. The van der Waals surface area contributed by atoms with Gasteiger partial charge in [0.25, 0.3) is 0 Å². The van der Waals surface area contributed by atoms with Crippen LogP contribution >= 0.6 is 15.9 Å². The summed E-state index contributed by atoms with van der Waals surface area (Å²) in [7, 11) is -3.46. The molecule has 0 amide bonds. The molecule has 0 unspecified atom stereocenters. The van der Waals surface area contributed by atoms with Crippen molar-refractivity contribution < 1.29 is 13.2 Å². The third-order valence-corrected chi connectivity index (χ3v) is 7.08. The SMILES string of the molecule is Cc1nc(Br)ccc1S(=O)(=O)N1CCN(C2CCOCC2)CC1. The molecule has 6 nitrogen and oxygen atoms in total. The fourth-order valence-corrected chi connectivity index (χ4v) is 5.27. The maximum absolute atomic E-state index is 12.8. The molecule has 1 aromatic heterocycles. The van der Waals surface area contributed by atoms with Gasteiger partial charge in [0, 0.05) is 45.4 Å². The predicted octanol–water partition coefficient (Wildman–Crippen LogP) is 1.64. The van der Waals surface area contributed by atoms with E-state index in [0.29, 0.717) is 34.3 Å². The number of aryl methyl sites for hydroxylation is 1. The molecule has 1 aromatic rings. The number of aromatic nitrogens is 1. The Bertz CT molecular complexity index is 654. The van der Waals surface area contributed by atoms with Crippen LogP contribution in [0.25, 0.3) is 0 Å². The van der Waals surface area contributed by atoms with Crippen LogP contribution in [0, 0.1) is 6.92 Å². The lowest BCUT2D eigenvalue weighted by atomic mass is 10.1. The molecule has 2 fully saturated rings. The predicted molar refractivity (Wildman–Crippen MR) is 90.8 cm³/mol. The first-order chi connectivity index (χ1) is 11.0. The van der Waals surface area contributed by atoms with Crippen molar-refractivity contribution in [1.29, 1.82) is 0 Å². The highest BCUT2D eigenvalue weighted by molar-refractivity contribution is 9.10. The van der Waals surface area contributed by atoms with Gasteiger partial charge in [0.1, 0.15) is 9.50 Å². The molecule has 23 heavy (non-hydrogen) atoms. The number of piperazine rings is 1. The molecule has 0 radical (unpaired) electrons. The smallest absolute Gasteiger partial charge is 0.244 e. The average Bonchev–Trinajstić information content (AvgIpc) is 2.55. The second kappa shape index (κ2) is 7.14. The molecule has 8 heteroatoms. The normalized spacial score (nSPS) is 22.3. The van der Waals surface area contributed by atoms with Crippen LogP contribution in [0.3, 0.4) is 0 Å². The van der Waals surface area contributed by atoms with Gasteiger partial charge in [0.05, 0.1) is 5.69 Å². The first kappa shape index (κ1) is 17.3. The van der Waals surface area contributed by atoms with E-state index in [2.05, 4.69) is 25.8 Å². The summed E-state index contributed by atoms with van der Waals surface area (Å²) in [5.74, 6) is 0. The molecule has 0 aromatic carbocycles. The van der Waals surface area contributed by atoms with Crippen molar-refractivity contribution in [2.75, 3.05) is 39.4 Å². The van der Waals surface area contributed by atoms with Gasteiger partial charge in [0.15, 0.2) is 0 Å². The zero-order valence-corrected chi connectivity index (χ0v) is 15.6. The van der Waals surface area contributed by atoms with E-state index in [-0.39, 0.29) is 0 Å². The van der Waals surface area contributed by atoms with Crippen molar-refractivity contribution >= 4 is 26.0 Å². The standard InChI is InChI=1S/C15H22BrN3O3S/c1-12-14(2-3-15(16)17-12)23(20,21)19-8-6-18(7-9-19)13-4-10-22-11-5-13/h2-3,13H,4-11H2,1H3. The number of rotatable bonds is 3. The number of nitrogens with zero attached hydrogens (tertiary/aromatic N) is 3. The highest BCUT2D eigenvalue weighted by Gasteiger charge is 2.32. The fourth-order valence-electron chi connectivity index (χ4n) is 3.29. The molecule has 2 saturated heterocycles. The molecule has 0 aliphatic carbocycles. The van der Waals surface area contributed by atoms with Gasteiger partial charge in [-0.15, -0.1) is 0 Å². The highest BCUT2D eigenvalue weighted by atomic mass is 79.9. The third kappa shape index (κ3) is 3.76. The summed E-state index contributed by atoms with van der Waals surface area (Å²) in [5.41, 5.74) is 0.534. The largest absolute Gasteiger partial charge is 0.381 e. The monoisotopic (exact) mass is 403 g/mol. The van der Waals surface area contributed by atoms with Crippen LogP contribution in [0.15, 0.2) is 21.6 Å². The van der Waals surface area contributed by atoms with Crippen LogP contribution in [0.4, 0.5) is 0 Å². The molecule has 3 heterocycles. The lowest BCUT2D eigenvalue weighted by Gasteiger charge is -2.40. The molecule has 0 atom stereocenters. The van der Waals surface area contributed by atoms with Crippen molar-refractivity contribution in [3.05, 3.63) is 22.4 Å². The van der Waals surface area contributed by atoms with Crippen LogP contribution in [0.5, 0.6) is 0 Å². The van der Waals surface area contributed by atoms with Crippen molar-refractivity contribution in [3.8, 4) is 0 Å². The number of hydrogen-bond acceptors (Lipinski definition) is 5. The van der Waals surface area contributed by atoms with Crippen LogP contribution < -0.4 is 0 Å². The van der Waals surface area contributed by atoms with Crippen molar-refractivity contribution in [1.82, 2.24) is 14.2 Å². The minimum absolute atomic E-state index is 0.306. The number of ether oxygens (including phenoxy) is 1. The van der Waals surface area contributed by atoms with Gasteiger partial charge in [-0.05, 0) is 47.8 Å². The highest BCUT2D eigenvalue weighted by Crippen LogP contribution is 2.23. The molecular formula is C15H22BrN3O3S. The van der Waals surface area contributed by atoms with Gasteiger partial charge in [0.2, 0.25) is 10.0 Å². The molecule has 2 aliphatic rings. The van der Waals surface area contributed by atoms with E-state index in [1.807, 2.05) is 0 Å². The molecule has 2 aliphatic heterocycles. The number of hydrogen-bond donors (Lipinski definition) is 0. The first-order valence-corrected chi connectivity index (χ1v) is 10.2. The van der Waals surface area contributed by atoms with E-state index < -0.39 is 10.0 Å². The fraction of sp³-hybridized carbons (Fsp3) is 0.667. The third-order valence-electron chi connectivity index (χ3n) is 4.60. The first-order valence-electron chi connectivity index (χ1n) is 7.93. The van der Waals surface area contributed by atoms with E-state index in [9.17, 15) is 8.42 Å². The molecule has 128 valence electrons. The van der Waals surface area contributed by atoms with Crippen molar-refractivity contribution in [3.63, 3.8) is 0 Å². The van der Waals surface area contributed by atoms with Crippen LogP contribution in [-0.2, 0) is 14.8 Å². The van der Waals surface area contributed by atoms with Crippen LogP contribution in [0.2, 0.25) is 0 Å².